The van der Waals surface area contributed by atoms with Crippen LogP contribution in [0.2, 0.25) is 0 Å². The molecular weight excluding hydrogens is 234 g/mol. The predicted octanol–water partition coefficient (Wildman–Crippen LogP) is 0.305. The summed E-state index contributed by atoms with van der Waals surface area (Å²) in [6.45, 7) is 0.375. The summed E-state index contributed by atoms with van der Waals surface area (Å²) < 4.78 is 25.8. The molecule has 7 heteroatoms. The van der Waals surface area contributed by atoms with Crippen LogP contribution in [0.15, 0.2) is 23.4 Å². The molecule has 3 N–H and O–H groups in total. The Kier molecular flexibility index (Phi) is 4.37. The lowest BCUT2D eigenvalue weighted by Gasteiger charge is -2.06. The number of pyridine rings is 1. The molecule has 5 nitrogen and oxygen atoms in total. The van der Waals surface area contributed by atoms with E-state index in [2.05, 4.69) is 9.71 Å². The van der Waals surface area contributed by atoms with Crippen molar-refractivity contribution in [2.75, 3.05) is 24.3 Å². The second kappa shape index (κ2) is 5.34. The molecule has 0 unspecified atom stereocenters. The molecule has 84 valence electrons. The summed E-state index contributed by atoms with van der Waals surface area (Å²) >= 11 is 1.56. The summed E-state index contributed by atoms with van der Waals surface area (Å²) in [6.07, 6.45) is 3.31. The molecule has 0 atom stereocenters. The van der Waals surface area contributed by atoms with Crippen LogP contribution >= 0.6 is 11.8 Å². The first-order chi connectivity index (χ1) is 7.08. The van der Waals surface area contributed by atoms with Crippen molar-refractivity contribution in [3.8, 4) is 0 Å². The van der Waals surface area contributed by atoms with E-state index in [9.17, 15) is 8.42 Å². The molecule has 0 aliphatic carbocycles. The quantitative estimate of drug-likeness (QED) is 0.731. The molecule has 0 bridgehead atoms. The standard InChI is InChI=1S/C8H13N3O2S2/c1-14-6-5-11-15(12,13)8-7(9)3-2-4-10-8/h2-4,11H,5-6,9H2,1H3. The second-order valence-electron chi connectivity index (χ2n) is 2.79. The Labute approximate surface area is 93.5 Å². The van der Waals surface area contributed by atoms with E-state index in [0.29, 0.717) is 12.3 Å². The zero-order valence-corrected chi connectivity index (χ0v) is 9.94. The Morgan fingerprint density at radius 3 is 2.93 bits per heavy atom. The number of aromatic nitrogens is 1. The summed E-state index contributed by atoms with van der Waals surface area (Å²) in [5.74, 6) is 0.714. The summed E-state index contributed by atoms with van der Waals surface area (Å²) in [6, 6.07) is 3.10. The molecular formula is C8H13N3O2S2. The lowest BCUT2D eigenvalue weighted by molar-refractivity contribution is 0.581. The number of hydrogen-bond acceptors (Lipinski definition) is 5. The average molecular weight is 247 g/mol. The number of hydrogen-bond donors (Lipinski definition) is 2. The zero-order valence-electron chi connectivity index (χ0n) is 8.30. The van der Waals surface area contributed by atoms with Crippen LogP contribution in [0.5, 0.6) is 0 Å². The van der Waals surface area contributed by atoms with Crippen molar-refractivity contribution < 1.29 is 8.42 Å². The molecule has 0 amide bonds. The number of rotatable bonds is 5. The van der Waals surface area contributed by atoms with Crippen LogP contribution in [0.4, 0.5) is 5.69 Å². The lowest BCUT2D eigenvalue weighted by Crippen LogP contribution is -2.27. The maximum Gasteiger partial charge on any atom is 0.260 e. The van der Waals surface area contributed by atoms with E-state index in [4.69, 9.17) is 5.73 Å². The molecule has 15 heavy (non-hydrogen) atoms. The fourth-order valence-corrected chi connectivity index (χ4v) is 2.50. The van der Waals surface area contributed by atoms with Gasteiger partial charge in [0, 0.05) is 18.5 Å². The number of nitrogens with two attached hydrogens (primary N) is 1. The van der Waals surface area contributed by atoms with Gasteiger partial charge in [-0.3, -0.25) is 0 Å². The van der Waals surface area contributed by atoms with Gasteiger partial charge in [-0.15, -0.1) is 0 Å². The maximum absolute atomic E-state index is 11.7. The van der Waals surface area contributed by atoms with Gasteiger partial charge < -0.3 is 5.73 Å². The highest BCUT2D eigenvalue weighted by molar-refractivity contribution is 7.98. The fourth-order valence-electron chi connectivity index (χ4n) is 0.974. The number of thioether (sulfide) groups is 1. The first kappa shape index (κ1) is 12.3. The van der Waals surface area contributed by atoms with E-state index >= 15 is 0 Å². The van der Waals surface area contributed by atoms with E-state index in [1.54, 1.807) is 17.8 Å². The van der Waals surface area contributed by atoms with Gasteiger partial charge in [-0.1, -0.05) is 0 Å². The van der Waals surface area contributed by atoms with Gasteiger partial charge in [0.2, 0.25) is 0 Å². The molecule has 0 fully saturated rings. The summed E-state index contributed by atoms with van der Waals surface area (Å²) in [5, 5.41) is -0.105. The highest BCUT2D eigenvalue weighted by atomic mass is 32.2. The van der Waals surface area contributed by atoms with Crippen LogP contribution < -0.4 is 10.5 Å². The number of nitrogens with one attached hydrogen (secondary N) is 1. The third-order valence-corrected chi connectivity index (χ3v) is 3.70. The first-order valence-corrected chi connectivity index (χ1v) is 7.14. The largest absolute Gasteiger partial charge is 0.396 e. The van der Waals surface area contributed by atoms with Crippen LogP contribution in [0.1, 0.15) is 0 Å². The minimum Gasteiger partial charge on any atom is -0.396 e. The molecule has 1 heterocycles. The molecule has 1 aromatic heterocycles. The van der Waals surface area contributed by atoms with E-state index in [1.165, 1.54) is 12.3 Å². The molecule has 0 aromatic carbocycles. The van der Waals surface area contributed by atoms with Crippen molar-refractivity contribution in [2.45, 2.75) is 5.03 Å². The monoisotopic (exact) mass is 247 g/mol. The van der Waals surface area contributed by atoms with Gasteiger partial charge in [0.25, 0.3) is 10.0 Å². The highest BCUT2D eigenvalue weighted by Gasteiger charge is 2.17. The van der Waals surface area contributed by atoms with Crippen LogP contribution in [-0.2, 0) is 10.0 Å². The van der Waals surface area contributed by atoms with Crippen molar-refractivity contribution in [3.63, 3.8) is 0 Å². The van der Waals surface area contributed by atoms with E-state index < -0.39 is 10.0 Å². The van der Waals surface area contributed by atoms with Gasteiger partial charge >= 0.3 is 0 Å². The van der Waals surface area contributed by atoms with Crippen molar-refractivity contribution in [1.82, 2.24) is 9.71 Å². The van der Waals surface area contributed by atoms with Gasteiger partial charge in [-0.05, 0) is 18.4 Å². The Balaban J connectivity index is 2.83. The average Bonchev–Trinajstić information content (AvgIpc) is 2.18. The van der Waals surface area contributed by atoms with Crippen molar-refractivity contribution in [3.05, 3.63) is 18.3 Å². The van der Waals surface area contributed by atoms with Crippen LogP contribution in [0, 0.1) is 0 Å². The normalized spacial score (nSPS) is 11.5. The van der Waals surface area contributed by atoms with Crippen molar-refractivity contribution in [1.29, 1.82) is 0 Å². The number of sulfonamides is 1. The van der Waals surface area contributed by atoms with Gasteiger partial charge in [0.05, 0.1) is 5.69 Å². The number of nitrogens with zero attached hydrogens (tertiary/aromatic N) is 1. The van der Waals surface area contributed by atoms with Crippen molar-refractivity contribution >= 4 is 27.5 Å². The molecule has 0 aliphatic rings. The van der Waals surface area contributed by atoms with Crippen LogP contribution in [0.25, 0.3) is 0 Å². The van der Waals surface area contributed by atoms with E-state index in [0.717, 1.165) is 0 Å². The summed E-state index contributed by atoms with van der Waals surface area (Å²) in [5.41, 5.74) is 5.69. The smallest absolute Gasteiger partial charge is 0.260 e. The van der Waals surface area contributed by atoms with Gasteiger partial charge in [-0.25, -0.2) is 18.1 Å². The highest BCUT2D eigenvalue weighted by Crippen LogP contribution is 2.13. The molecule has 0 radical (unpaired) electrons. The topological polar surface area (TPSA) is 85.1 Å². The van der Waals surface area contributed by atoms with E-state index in [1.807, 2.05) is 6.26 Å². The minimum absolute atomic E-state index is 0.105. The van der Waals surface area contributed by atoms with Gasteiger partial charge in [0.1, 0.15) is 0 Å². The molecule has 0 saturated carbocycles. The summed E-state index contributed by atoms with van der Waals surface area (Å²) in [4.78, 5) is 3.75. The Hall–Kier alpha value is -0.790. The molecule has 1 rings (SSSR count). The molecule has 1 aromatic rings. The maximum atomic E-state index is 11.7. The Bertz CT molecular complexity index is 420. The molecule has 0 saturated heterocycles. The van der Waals surface area contributed by atoms with Gasteiger partial charge in [0.15, 0.2) is 5.03 Å². The molecule has 0 aliphatic heterocycles. The third-order valence-electron chi connectivity index (χ3n) is 1.65. The number of anilines is 1. The van der Waals surface area contributed by atoms with Gasteiger partial charge in [-0.2, -0.15) is 11.8 Å². The lowest BCUT2D eigenvalue weighted by atomic mass is 10.4. The zero-order chi connectivity index (χ0) is 11.3. The fraction of sp³-hybridized carbons (Fsp3) is 0.375. The molecule has 0 spiro atoms. The SMILES string of the molecule is CSCCNS(=O)(=O)c1ncccc1N. The first-order valence-electron chi connectivity index (χ1n) is 4.27. The second-order valence-corrected chi connectivity index (χ2v) is 5.46. The Morgan fingerprint density at radius 1 is 1.60 bits per heavy atom. The summed E-state index contributed by atoms with van der Waals surface area (Å²) in [7, 11) is -3.56. The van der Waals surface area contributed by atoms with E-state index in [-0.39, 0.29) is 10.7 Å². The van der Waals surface area contributed by atoms with Crippen LogP contribution in [0.3, 0.4) is 0 Å². The third kappa shape index (κ3) is 3.37. The Morgan fingerprint density at radius 2 is 2.33 bits per heavy atom. The van der Waals surface area contributed by atoms with Crippen LogP contribution in [-0.4, -0.2) is 32.0 Å². The minimum atomic E-state index is -3.56. The van der Waals surface area contributed by atoms with Crippen molar-refractivity contribution in [2.24, 2.45) is 0 Å². The predicted molar refractivity (Wildman–Crippen MR) is 62.2 cm³/mol. The number of nitrogen functional groups attached to an aromatic ring is 1.